The second-order valence-electron chi connectivity index (χ2n) is 8.77. The molecule has 2 amide bonds. The Morgan fingerprint density at radius 1 is 1.19 bits per heavy atom. The molecule has 2 heterocycles. The van der Waals surface area contributed by atoms with Crippen molar-refractivity contribution in [2.75, 3.05) is 25.0 Å². The van der Waals surface area contributed by atoms with Gasteiger partial charge in [-0.2, -0.15) is 0 Å². The van der Waals surface area contributed by atoms with Gasteiger partial charge in [-0.1, -0.05) is 12.1 Å². The minimum Gasteiger partial charge on any atom is -0.449 e. The number of ketones is 1. The molecule has 0 aliphatic carbocycles. The van der Waals surface area contributed by atoms with Gasteiger partial charge < -0.3 is 14.4 Å². The van der Waals surface area contributed by atoms with Crippen molar-refractivity contribution in [1.82, 2.24) is 9.88 Å². The van der Waals surface area contributed by atoms with Gasteiger partial charge in [0, 0.05) is 31.0 Å². The molecule has 0 bridgehead atoms. The zero-order chi connectivity index (χ0) is 23.3. The summed E-state index contributed by atoms with van der Waals surface area (Å²) in [6.07, 6.45) is 0.642. The fraction of sp³-hybridized carbons (Fsp3) is 0.478. The molecule has 1 aliphatic heterocycles. The Balaban J connectivity index is 1.50. The number of hydrogen-bond donors (Lipinski definition) is 1. The number of carbonyl (C=O) groups is 3. The van der Waals surface area contributed by atoms with Crippen LogP contribution < -0.4 is 5.32 Å². The van der Waals surface area contributed by atoms with Crippen LogP contribution in [0.4, 0.5) is 15.3 Å². The second-order valence-corrected chi connectivity index (χ2v) is 9.63. The highest BCUT2D eigenvalue weighted by molar-refractivity contribution is 7.13. The molecule has 1 N–H and O–H groups in total. The van der Waals surface area contributed by atoms with E-state index < -0.39 is 11.7 Å². The number of aromatic nitrogens is 1. The van der Waals surface area contributed by atoms with E-state index in [1.165, 1.54) is 18.3 Å². The lowest BCUT2D eigenvalue weighted by Gasteiger charge is -2.33. The first-order valence-electron chi connectivity index (χ1n) is 10.6. The van der Waals surface area contributed by atoms with Crippen LogP contribution in [0.2, 0.25) is 0 Å². The lowest BCUT2D eigenvalue weighted by Crippen LogP contribution is -2.42. The first-order valence-corrected chi connectivity index (χ1v) is 11.5. The van der Waals surface area contributed by atoms with Gasteiger partial charge in [0.2, 0.25) is 0 Å². The Bertz CT molecular complexity index is 974. The Kier molecular flexibility index (Phi) is 7.50. The molecule has 0 saturated carbocycles. The first kappa shape index (κ1) is 23.7. The Labute approximate surface area is 191 Å². The number of ether oxygens (including phenoxy) is 2. The fourth-order valence-electron chi connectivity index (χ4n) is 3.29. The van der Waals surface area contributed by atoms with Crippen LogP contribution in [0, 0.1) is 5.92 Å². The van der Waals surface area contributed by atoms with Crippen molar-refractivity contribution in [1.29, 1.82) is 0 Å². The molecule has 1 aliphatic rings. The molecular formula is C23H29N3O5S. The molecular weight excluding hydrogens is 430 g/mol. The Morgan fingerprint density at radius 3 is 2.50 bits per heavy atom. The quantitative estimate of drug-likeness (QED) is 0.617. The van der Waals surface area contributed by atoms with E-state index in [2.05, 4.69) is 10.3 Å². The highest BCUT2D eigenvalue weighted by atomic mass is 32.1. The summed E-state index contributed by atoms with van der Waals surface area (Å²) in [5, 5.41) is 5.13. The molecule has 1 aromatic carbocycles. The molecule has 0 atom stereocenters. The lowest BCUT2D eigenvalue weighted by molar-refractivity contribution is 0.0152. The minimum atomic E-state index is -0.546. The molecule has 1 saturated heterocycles. The number of nitrogens with zero attached hydrogens (tertiary/aromatic N) is 2. The maximum atomic E-state index is 12.4. The van der Waals surface area contributed by atoms with E-state index >= 15 is 0 Å². The van der Waals surface area contributed by atoms with Crippen LogP contribution >= 0.6 is 11.3 Å². The summed E-state index contributed by atoms with van der Waals surface area (Å²) >= 11 is 1.35. The third-order valence-corrected chi connectivity index (χ3v) is 5.85. The summed E-state index contributed by atoms with van der Waals surface area (Å²) in [5.74, 6) is 0.0850. The maximum Gasteiger partial charge on any atom is 0.411 e. The summed E-state index contributed by atoms with van der Waals surface area (Å²) in [5.41, 5.74) is 1.19. The second kappa shape index (κ2) is 10.1. The standard InChI is InChI=1S/C23H29N3O5S/c1-15(27)19-14-32-20(24-19)17-7-5-6-8-18(17)25-21(28)30-13-16-9-11-26(12-10-16)22(29)31-23(2,3)4/h5-8,14,16H,9-13H2,1-4H3,(H,25,28). The van der Waals surface area contributed by atoms with E-state index in [1.807, 2.05) is 39.0 Å². The zero-order valence-corrected chi connectivity index (χ0v) is 19.7. The maximum absolute atomic E-state index is 12.4. The SMILES string of the molecule is CC(=O)c1csc(-c2ccccc2NC(=O)OCC2CCN(C(=O)OC(C)(C)C)CC2)n1. The molecule has 0 spiro atoms. The smallest absolute Gasteiger partial charge is 0.411 e. The summed E-state index contributed by atoms with van der Waals surface area (Å²) in [7, 11) is 0. The van der Waals surface area contributed by atoms with Crippen molar-refractivity contribution in [2.45, 2.75) is 46.1 Å². The predicted molar refractivity (Wildman–Crippen MR) is 123 cm³/mol. The highest BCUT2D eigenvalue weighted by Crippen LogP contribution is 2.31. The van der Waals surface area contributed by atoms with E-state index in [1.54, 1.807) is 16.3 Å². The first-order chi connectivity index (χ1) is 15.1. The summed E-state index contributed by atoms with van der Waals surface area (Å²) in [6.45, 7) is 8.45. The van der Waals surface area contributed by atoms with Crippen LogP contribution in [0.5, 0.6) is 0 Å². The van der Waals surface area contributed by atoms with Crippen LogP contribution in [-0.4, -0.2) is 53.2 Å². The highest BCUT2D eigenvalue weighted by Gasteiger charge is 2.27. The Hall–Kier alpha value is -2.94. The van der Waals surface area contributed by atoms with Gasteiger partial charge >= 0.3 is 12.2 Å². The molecule has 9 heteroatoms. The van der Waals surface area contributed by atoms with Crippen molar-refractivity contribution in [3.05, 3.63) is 35.3 Å². The van der Waals surface area contributed by atoms with Gasteiger partial charge in [0.15, 0.2) is 5.78 Å². The van der Waals surface area contributed by atoms with Gasteiger partial charge in [-0.3, -0.25) is 10.1 Å². The van der Waals surface area contributed by atoms with Gasteiger partial charge in [0.05, 0.1) is 12.3 Å². The van der Waals surface area contributed by atoms with Crippen LogP contribution in [-0.2, 0) is 9.47 Å². The van der Waals surface area contributed by atoms with Gasteiger partial charge in [-0.05, 0) is 51.7 Å². The van der Waals surface area contributed by atoms with Crippen molar-refractivity contribution >= 4 is 35.0 Å². The average Bonchev–Trinajstić information content (AvgIpc) is 3.22. The number of amides is 2. The summed E-state index contributed by atoms with van der Waals surface area (Å²) < 4.78 is 10.8. The number of anilines is 1. The molecule has 8 nitrogen and oxygen atoms in total. The van der Waals surface area contributed by atoms with Gasteiger partial charge in [-0.15, -0.1) is 11.3 Å². The number of thiazole rings is 1. The van der Waals surface area contributed by atoms with E-state index in [9.17, 15) is 14.4 Å². The Morgan fingerprint density at radius 2 is 1.88 bits per heavy atom. The predicted octanol–water partition coefficient (Wildman–Crippen LogP) is 5.21. The zero-order valence-electron chi connectivity index (χ0n) is 18.8. The largest absolute Gasteiger partial charge is 0.449 e. The van der Waals surface area contributed by atoms with Gasteiger partial charge in [-0.25, -0.2) is 14.6 Å². The van der Waals surface area contributed by atoms with Crippen LogP contribution in [0.1, 0.15) is 51.0 Å². The minimum absolute atomic E-state index is 0.102. The van der Waals surface area contributed by atoms with Crippen LogP contribution in [0.15, 0.2) is 29.6 Å². The number of piperidine rings is 1. The monoisotopic (exact) mass is 459 g/mol. The number of likely N-dealkylation sites (tertiary alicyclic amines) is 1. The topological polar surface area (TPSA) is 97.8 Å². The number of carbonyl (C=O) groups excluding carboxylic acids is 3. The number of para-hydroxylation sites is 1. The molecule has 0 unspecified atom stereocenters. The van der Waals surface area contributed by atoms with Crippen molar-refractivity contribution in [3.8, 4) is 10.6 Å². The van der Waals surface area contributed by atoms with Gasteiger partial charge in [0.25, 0.3) is 0 Å². The van der Waals surface area contributed by atoms with E-state index in [4.69, 9.17) is 9.47 Å². The van der Waals surface area contributed by atoms with Crippen molar-refractivity contribution < 1.29 is 23.9 Å². The van der Waals surface area contributed by atoms with Crippen LogP contribution in [0.3, 0.4) is 0 Å². The molecule has 1 fully saturated rings. The number of Topliss-reactive ketones (excluding diaryl/α,β-unsaturated/α-hetero) is 1. The van der Waals surface area contributed by atoms with Crippen LogP contribution in [0.25, 0.3) is 10.6 Å². The molecule has 0 radical (unpaired) electrons. The lowest BCUT2D eigenvalue weighted by atomic mass is 9.98. The summed E-state index contributed by atoms with van der Waals surface area (Å²) in [6, 6.07) is 7.26. The van der Waals surface area contributed by atoms with E-state index in [0.29, 0.717) is 29.5 Å². The van der Waals surface area contributed by atoms with Crippen molar-refractivity contribution in [2.24, 2.45) is 5.92 Å². The third-order valence-electron chi connectivity index (χ3n) is 4.98. The van der Waals surface area contributed by atoms with E-state index in [0.717, 1.165) is 18.4 Å². The molecule has 3 rings (SSSR count). The molecule has 172 valence electrons. The number of rotatable bonds is 5. The molecule has 2 aromatic rings. The molecule has 32 heavy (non-hydrogen) atoms. The fourth-order valence-corrected chi connectivity index (χ4v) is 4.18. The number of nitrogens with one attached hydrogen (secondary N) is 1. The number of benzene rings is 1. The summed E-state index contributed by atoms with van der Waals surface area (Å²) in [4.78, 5) is 42.1. The van der Waals surface area contributed by atoms with Gasteiger partial charge in [0.1, 0.15) is 16.3 Å². The molecule has 1 aromatic heterocycles. The third kappa shape index (κ3) is 6.53. The number of hydrogen-bond acceptors (Lipinski definition) is 7. The van der Waals surface area contributed by atoms with Crippen molar-refractivity contribution in [3.63, 3.8) is 0 Å². The average molecular weight is 460 g/mol. The van der Waals surface area contributed by atoms with E-state index in [-0.39, 0.29) is 24.4 Å². The normalized spacial score (nSPS) is 14.7.